The predicted molar refractivity (Wildman–Crippen MR) is 63.0 cm³/mol. The van der Waals surface area contributed by atoms with Crippen LogP contribution in [-0.2, 0) is 0 Å². The fourth-order valence-electron chi connectivity index (χ4n) is 1.33. The molecule has 0 aliphatic rings. The maximum Gasteiger partial charge on any atom is 0.00202 e. The van der Waals surface area contributed by atoms with E-state index in [9.17, 15) is 0 Å². The van der Waals surface area contributed by atoms with E-state index >= 15 is 0 Å². The SMILES string of the molecule is CC(C)=C/C=c1/cccc(C)/c1=C/N. The smallest absolute Gasteiger partial charge is 0.00202 e. The molecule has 0 heterocycles. The Hall–Kier alpha value is -1.50. The highest BCUT2D eigenvalue weighted by Gasteiger charge is 1.87. The van der Waals surface area contributed by atoms with Crippen molar-refractivity contribution in [3.05, 3.63) is 45.8 Å². The average molecular weight is 187 g/mol. The summed E-state index contributed by atoms with van der Waals surface area (Å²) in [7, 11) is 0. The van der Waals surface area contributed by atoms with Crippen LogP contribution in [0.15, 0.2) is 29.8 Å². The van der Waals surface area contributed by atoms with E-state index in [1.165, 1.54) is 16.4 Å². The van der Waals surface area contributed by atoms with Gasteiger partial charge in [-0.1, -0.05) is 35.9 Å². The van der Waals surface area contributed by atoms with Crippen molar-refractivity contribution in [2.24, 2.45) is 5.73 Å². The second kappa shape index (κ2) is 4.66. The summed E-state index contributed by atoms with van der Waals surface area (Å²) in [6.45, 7) is 6.23. The van der Waals surface area contributed by atoms with Gasteiger partial charge in [0.2, 0.25) is 0 Å². The first-order valence-electron chi connectivity index (χ1n) is 4.78. The fourth-order valence-corrected chi connectivity index (χ4v) is 1.33. The van der Waals surface area contributed by atoms with Crippen LogP contribution in [0.2, 0.25) is 0 Å². The van der Waals surface area contributed by atoms with Gasteiger partial charge >= 0.3 is 0 Å². The van der Waals surface area contributed by atoms with Crippen molar-refractivity contribution in [2.75, 3.05) is 0 Å². The van der Waals surface area contributed by atoms with Crippen molar-refractivity contribution in [1.82, 2.24) is 0 Å². The molecule has 0 amide bonds. The Morgan fingerprint density at radius 3 is 2.57 bits per heavy atom. The molecule has 1 aromatic rings. The minimum Gasteiger partial charge on any atom is -0.404 e. The summed E-state index contributed by atoms with van der Waals surface area (Å²) in [5.41, 5.74) is 8.09. The molecule has 0 saturated carbocycles. The maximum atomic E-state index is 5.59. The second-order valence-corrected chi connectivity index (χ2v) is 3.66. The molecular formula is C13H17N. The van der Waals surface area contributed by atoms with E-state index in [1.807, 2.05) is 6.07 Å². The molecule has 0 atom stereocenters. The first kappa shape index (κ1) is 10.6. The van der Waals surface area contributed by atoms with Gasteiger partial charge in [-0.25, -0.2) is 0 Å². The molecule has 0 aromatic heterocycles. The van der Waals surface area contributed by atoms with Gasteiger partial charge in [-0.2, -0.15) is 0 Å². The highest BCUT2D eigenvalue weighted by Crippen LogP contribution is 1.88. The van der Waals surface area contributed by atoms with Gasteiger partial charge in [0.1, 0.15) is 0 Å². The summed E-state index contributed by atoms with van der Waals surface area (Å²) < 4.78 is 0. The third kappa shape index (κ3) is 2.49. The van der Waals surface area contributed by atoms with E-state index in [1.54, 1.807) is 6.20 Å². The molecule has 0 aliphatic carbocycles. The number of benzene rings is 1. The molecule has 0 saturated heterocycles. The molecule has 74 valence electrons. The minimum atomic E-state index is 1.12. The van der Waals surface area contributed by atoms with Crippen LogP contribution in [0.25, 0.3) is 12.3 Å². The second-order valence-electron chi connectivity index (χ2n) is 3.66. The third-order valence-corrected chi connectivity index (χ3v) is 2.12. The topological polar surface area (TPSA) is 26.0 Å². The van der Waals surface area contributed by atoms with Crippen LogP contribution in [-0.4, -0.2) is 0 Å². The fraction of sp³-hybridized carbons (Fsp3) is 0.231. The van der Waals surface area contributed by atoms with E-state index < -0.39 is 0 Å². The normalized spacial score (nSPS) is 13.1. The quantitative estimate of drug-likeness (QED) is 0.707. The lowest BCUT2D eigenvalue weighted by atomic mass is 10.1. The molecule has 0 fully saturated rings. The Morgan fingerprint density at radius 1 is 1.29 bits per heavy atom. The van der Waals surface area contributed by atoms with Crippen LogP contribution >= 0.6 is 0 Å². The zero-order chi connectivity index (χ0) is 10.6. The van der Waals surface area contributed by atoms with E-state index in [0.29, 0.717) is 0 Å². The van der Waals surface area contributed by atoms with Crippen molar-refractivity contribution in [1.29, 1.82) is 0 Å². The average Bonchev–Trinajstić information content (AvgIpc) is 2.14. The van der Waals surface area contributed by atoms with Gasteiger partial charge in [-0.15, -0.1) is 0 Å². The first-order chi connectivity index (χ1) is 6.65. The highest BCUT2D eigenvalue weighted by molar-refractivity contribution is 5.42. The third-order valence-electron chi connectivity index (χ3n) is 2.12. The van der Waals surface area contributed by atoms with Crippen LogP contribution in [0, 0.1) is 6.92 Å². The van der Waals surface area contributed by atoms with Crippen LogP contribution in [0.3, 0.4) is 0 Å². The largest absolute Gasteiger partial charge is 0.404 e. The van der Waals surface area contributed by atoms with Gasteiger partial charge in [0.25, 0.3) is 0 Å². The summed E-state index contributed by atoms with van der Waals surface area (Å²) >= 11 is 0. The summed E-state index contributed by atoms with van der Waals surface area (Å²) in [5, 5.41) is 2.29. The number of rotatable bonds is 1. The molecule has 0 aliphatic heterocycles. The van der Waals surface area contributed by atoms with Crippen molar-refractivity contribution < 1.29 is 0 Å². The van der Waals surface area contributed by atoms with E-state index in [0.717, 1.165) is 5.22 Å². The molecule has 1 aromatic carbocycles. The minimum absolute atomic E-state index is 1.12. The number of hydrogen-bond acceptors (Lipinski definition) is 1. The maximum absolute atomic E-state index is 5.59. The number of aryl methyl sites for hydroxylation is 1. The van der Waals surface area contributed by atoms with Crippen molar-refractivity contribution in [2.45, 2.75) is 20.8 Å². The van der Waals surface area contributed by atoms with Gasteiger partial charge in [0.15, 0.2) is 0 Å². The molecule has 14 heavy (non-hydrogen) atoms. The Labute approximate surface area is 85.3 Å². The zero-order valence-corrected chi connectivity index (χ0v) is 9.04. The summed E-state index contributed by atoms with van der Waals surface area (Å²) in [4.78, 5) is 0. The van der Waals surface area contributed by atoms with Crippen LogP contribution in [0.1, 0.15) is 19.4 Å². The van der Waals surface area contributed by atoms with E-state index in [4.69, 9.17) is 5.73 Å². The van der Waals surface area contributed by atoms with Crippen LogP contribution in [0.5, 0.6) is 0 Å². The van der Waals surface area contributed by atoms with Gasteiger partial charge in [-0.3, -0.25) is 0 Å². The Kier molecular flexibility index (Phi) is 3.52. The lowest BCUT2D eigenvalue weighted by molar-refractivity contribution is 1.35. The lowest BCUT2D eigenvalue weighted by Gasteiger charge is -1.94. The standard InChI is InChI=1S/C13H17N/c1-10(2)7-8-12-6-4-5-11(3)13(12)9-14/h4-9H,14H2,1-3H3/b12-8-,13-9-. The Balaban J connectivity index is 3.44. The van der Waals surface area contributed by atoms with E-state index in [2.05, 4.69) is 45.1 Å². The Bertz CT molecular complexity index is 449. The molecule has 0 radical (unpaired) electrons. The van der Waals surface area contributed by atoms with Gasteiger partial charge in [0.05, 0.1) is 0 Å². The highest BCUT2D eigenvalue weighted by atomic mass is 14.5. The van der Waals surface area contributed by atoms with Gasteiger partial charge in [-0.05, 0) is 31.6 Å². The van der Waals surface area contributed by atoms with Gasteiger partial charge < -0.3 is 5.73 Å². The molecule has 1 nitrogen and oxygen atoms in total. The van der Waals surface area contributed by atoms with Crippen LogP contribution < -0.4 is 16.2 Å². The van der Waals surface area contributed by atoms with Crippen molar-refractivity contribution in [3.63, 3.8) is 0 Å². The lowest BCUT2D eigenvalue weighted by Crippen LogP contribution is -2.28. The van der Waals surface area contributed by atoms with Crippen molar-refractivity contribution >= 4 is 12.3 Å². The van der Waals surface area contributed by atoms with E-state index in [-0.39, 0.29) is 0 Å². The van der Waals surface area contributed by atoms with Crippen molar-refractivity contribution in [3.8, 4) is 0 Å². The molecule has 0 unspecified atom stereocenters. The zero-order valence-electron chi connectivity index (χ0n) is 9.04. The number of nitrogens with two attached hydrogens (primary N) is 1. The Morgan fingerprint density at radius 2 is 2.00 bits per heavy atom. The molecule has 0 spiro atoms. The molecule has 1 rings (SSSR count). The van der Waals surface area contributed by atoms with Crippen LogP contribution in [0.4, 0.5) is 0 Å². The number of allylic oxidation sites excluding steroid dienone is 2. The molecule has 1 heteroatoms. The first-order valence-corrected chi connectivity index (χ1v) is 4.78. The molecule has 2 N–H and O–H groups in total. The predicted octanol–water partition coefficient (Wildman–Crippen LogP) is 1.44. The molecular weight excluding hydrogens is 170 g/mol. The van der Waals surface area contributed by atoms with Gasteiger partial charge in [0, 0.05) is 11.4 Å². The summed E-state index contributed by atoms with van der Waals surface area (Å²) in [6.07, 6.45) is 5.86. The monoisotopic (exact) mass is 187 g/mol. The summed E-state index contributed by atoms with van der Waals surface area (Å²) in [6, 6.07) is 6.19. The molecule has 0 bridgehead atoms. The number of hydrogen-bond donors (Lipinski definition) is 1. The summed E-state index contributed by atoms with van der Waals surface area (Å²) in [5.74, 6) is 0.